The summed E-state index contributed by atoms with van der Waals surface area (Å²) in [5.74, 6) is 0.918. The quantitative estimate of drug-likeness (QED) is 0.646. The molecule has 0 aromatic heterocycles. The number of carbonyl (C=O) groups is 2. The first-order chi connectivity index (χ1) is 14.3. The van der Waals surface area contributed by atoms with Gasteiger partial charge >= 0.3 is 0 Å². The van der Waals surface area contributed by atoms with Gasteiger partial charge in [-0.2, -0.15) is 0 Å². The number of benzene rings is 2. The first-order valence-electron chi connectivity index (χ1n) is 10.3. The molecule has 1 N–H and O–H groups in total. The molecule has 0 radical (unpaired) electrons. The van der Waals surface area contributed by atoms with Crippen molar-refractivity contribution in [3.05, 3.63) is 59.7 Å². The second-order valence-corrected chi connectivity index (χ2v) is 7.42. The Bertz CT molecular complexity index is 853. The number of hydrogen-bond acceptors (Lipinski definition) is 4. The van der Waals surface area contributed by atoms with E-state index in [-0.39, 0.29) is 31.0 Å². The third-order valence-electron chi connectivity index (χ3n) is 5.10. The highest BCUT2D eigenvalue weighted by Gasteiger charge is 2.27. The van der Waals surface area contributed by atoms with Gasteiger partial charge in [0.2, 0.25) is 5.91 Å². The first-order valence-corrected chi connectivity index (χ1v) is 10.3. The van der Waals surface area contributed by atoms with Crippen LogP contribution in [0.1, 0.15) is 38.3 Å². The second-order valence-electron chi connectivity index (χ2n) is 7.42. The number of methoxy groups -OCH3 is 1. The molecule has 0 aliphatic carbocycles. The van der Waals surface area contributed by atoms with Crippen LogP contribution in [0.2, 0.25) is 0 Å². The molecule has 2 amide bonds. The molecule has 0 fully saturated rings. The van der Waals surface area contributed by atoms with E-state index >= 15 is 0 Å². The van der Waals surface area contributed by atoms with Crippen molar-refractivity contribution in [1.29, 1.82) is 0 Å². The van der Waals surface area contributed by atoms with Crippen molar-refractivity contribution in [3.8, 4) is 11.5 Å². The number of aryl methyl sites for hydroxylation is 1. The Morgan fingerprint density at radius 3 is 2.50 bits per heavy atom. The fourth-order valence-electron chi connectivity index (χ4n) is 2.96. The zero-order valence-electron chi connectivity index (χ0n) is 18.5. The SMILES string of the molecule is CC[C@H](C)NC(=O)[C@H](C)N(Cc1cccc(OC)c1)C(=O)COc1ccccc1C. The van der Waals surface area contributed by atoms with Crippen molar-refractivity contribution in [3.63, 3.8) is 0 Å². The second kappa shape index (κ2) is 11.2. The minimum absolute atomic E-state index is 0.0388. The normalized spacial score (nSPS) is 12.6. The summed E-state index contributed by atoms with van der Waals surface area (Å²) in [6, 6.07) is 14.4. The van der Waals surface area contributed by atoms with Crippen molar-refractivity contribution in [1.82, 2.24) is 10.2 Å². The molecule has 2 aromatic carbocycles. The minimum atomic E-state index is -0.641. The van der Waals surface area contributed by atoms with Gasteiger partial charge in [0.15, 0.2) is 6.61 Å². The van der Waals surface area contributed by atoms with Crippen LogP contribution in [0.5, 0.6) is 11.5 Å². The van der Waals surface area contributed by atoms with E-state index in [2.05, 4.69) is 5.32 Å². The van der Waals surface area contributed by atoms with E-state index in [0.29, 0.717) is 11.5 Å². The molecule has 0 saturated carbocycles. The lowest BCUT2D eigenvalue weighted by atomic mass is 10.1. The molecule has 0 heterocycles. The molecule has 0 spiro atoms. The summed E-state index contributed by atoms with van der Waals surface area (Å²) in [5.41, 5.74) is 1.83. The molecule has 6 heteroatoms. The van der Waals surface area contributed by atoms with Gasteiger partial charge in [-0.3, -0.25) is 9.59 Å². The maximum absolute atomic E-state index is 13.1. The summed E-state index contributed by atoms with van der Waals surface area (Å²) in [6.07, 6.45) is 0.818. The maximum Gasteiger partial charge on any atom is 0.261 e. The van der Waals surface area contributed by atoms with Crippen LogP contribution in [0.4, 0.5) is 0 Å². The molecular weight excluding hydrogens is 380 g/mol. The minimum Gasteiger partial charge on any atom is -0.497 e. The highest BCUT2D eigenvalue weighted by atomic mass is 16.5. The van der Waals surface area contributed by atoms with Gasteiger partial charge in [-0.1, -0.05) is 37.3 Å². The van der Waals surface area contributed by atoms with Crippen molar-refractivity contribution in [2.24, 2.45) is 0 Å². The van der Waals surface area contributed by atoms with Gasteiger partial charge in [0.1, 0.15) is 17.5 Å². The van der Waals surface area contributed by atoms with E-state index < -0.39 is 6.04 Å². The van der Waals surface area contributed by atoms with Gasteiger partial charge < -0.3 is 19.7 Å². The zero-order valence-corrected chi connectivity index (χ0v) is 18.5. The number of carbonyl (C=O) groups excluding carboxylic acids is 2. The van der Waals surface area contributed by atoms with Crippen molar-refractivity contribution in [2.75, 3.05) is 13.7 Å². The highest BCUT2D eigenvalue weighted by molar-refractivity contribution is 5.88. The van der Waals surface area contributed by atoms with Crippen LogP contribution >= 0.6 is 0 Å². The predicted molar refractivity (Wildman–Crippen MR) is 118 cm³/mol. The Hall–Kier alpha value is -3.02. The van der Waals surface area contributed by atoms with Crippen LogP contribution in [-0.4, -0.2) is 42.5 Å². The standard InChI is InChI=1S/C24H32N2O4/c1-6-18(3)25-24(28)19(4)26(15-20-11-9-12-21(14-20)29-5)23(27)16-30-22-13-8-7-10-17(22)2/h7-14,18-19H,6,15-16H2,1-5H3,(H,25,28)/t18-,19-/m0/s1. The van der Waals surface area contributed by atoms with E-state index in [1.165, 1.54) is 0 Å². The lowest BCUT2D eigenvalue weighted by molar-refractivity contribution is -0.142. The fourth-order valence-corrected chi connectivity index (χ4v) is 2.96. The summed E-state index contributed by atoms with van der Waals surface area (Å²) in [7, 11) is 1.60. The third kappa shape index (κ3) is 6.51. The molecule has 2 rings (SSSR count). The molecule has 6 nitrogen and oxygen atoms in total. The van der Waals surface area contributed by atoms with Gasteiger partial charge in [0.25, 0.3) is 5.91 Å². The number of ether oxygens (including phenoxy) is 2. The number of amides is 2. The Balaban J connectivity index is 2.19. The van der Waals surface area contributed by atoms with Gasteiger partial charge in [-0.15, -0.1) is 0 Å². The summed E-state index contributed by atoms with van der Waals surface area (Å²) < 4.78 is 11.0. The van der Waals surface area contributed by atoms with Gasteiger partial charge in [0, 0.05) is 12.6 Å². The first kappa shape index (κ1) is 23.3. The Kier molecular flexibility index (Phi) is 8.71. The molecule has 30 heavy (non-hydrogen) atoms. The summed E-state index contributed by atoms with van der Waals surface area (Å²) in [5, 5.41) is 2.96. The molecule has 0 aliphatic rings. The predicted octanol–water partition coefficient (Wildman–Crippen LogP) is 3.71. The molecule has 0 unspecified atom stereocenters. The van der Waals surface area contributed by atoms with E-state index in [9.17, 15) is 9.59 Å². The Labute approximate surface area is 179 Å². The van der Waals surface area contributed by atoms with Crippen LogP contribution in [0.15, 0.2) is 48.5 Å². The fraction of sp³-hybridized carbons (Fsp3) is 0.417. The number of nitrogens with zero attached hydrogens (tertiary/aromatic N) is 1. The average molecular weight is 413 g/mol. The molecular formula is C24H32N2O4. The van der Waals surface area contributed by atoms with E-state index in [1.807, 2.05) is 69.3 Å². The van der Waals surface area contributed by atoms with Crippen LogP contribution < -0.4 is 14.8 Å². The molecule has 2 aromatic rings. The lowest BCUT2D eigenvalue weighted by Crippen LogP contribution is -2.50. The summed E-state index contributed by atoms with van der Waals surface area (Å²) in [4.78, 5) is 27.4. The topological polar surface area (TPSA) is 67.9 Å². The Morgan fingerprint density at radius 2 is 1.83 bits per heavy atom. The summed E-state index contributed by atoms with van der Waals surface area (Å²) in [6.45, 7) is 7.75. The molecule has 2 atom stereocenters. The van der Waals surface area contributed by atoms with Crippen LogP contribution in [0.3, 0.4) is 0 Å². The third-order valence-corrected chi connectivity index (χ3v) is 5.10. The largest absolute Gasteiger partial charge is 0.497 e. The van der Waals surface area contributed by atoms with E-state index in [0.717, 1.165) is 17.5 Å². The highest BCUT2D eigenvalue weighted by Crippen LogP contribution is 2.18. The molecule has 162 valence electrons. The number of rotatable bonds is 10. The molecule has 0 aliphatic heterocycles. The smallest absolute Gasteiger partial charge is 0.261 e. The zero-order chi connectivity index (χ0) is 22.1. The maximum atomic E-state index is 13.1. The molecule has 0 bridgehead atoms. The summed E-state index contributed by atoms with van der Waals surface area (Å²) >= 11 is 0. The van der Waals surface area contributed by atoms with Crippen LogP contribution in [-0.2, 0) is 16.1 Å². The van der Waals surface area contributed by atoms with Gasteiger partial charge in [-0.05, 0) is 56.5 Å². The van der Waals surface area contributed by atoms with Crippen LogP contribution in [0, 0.1) is 6.92 Å². The van der Waals surface area contributed by atoms with Gasteiger partial charge in [0.05, 0.1) is 7.11 Å². The number of nitrogens with one attached hydrogen (secondary N) is 1. The van der Waals surface area contributed by atoms with E-state index in [4.69, 9.17) is 9.47 Å². The van der Waals surface area contributed by atoms with Gasteiger partial charge in [-0.25, -0.2) is 0 Å². The van der Waals surface area contributed by atoms with E-state index in [1.54, 1.807) is 18.9 Å². The number of para-hydroxylation sites is 1. The molecule has 0 saturated heterocycles. The van der Waals surface area contributed by atoms with Crippen molar-refractivity contribution >= 4 is 11.8 Å². The average Bonchev–Trinajstić information content (AvgIpc) is 2.76. The van der Waals surface area contributed by atoms with Crippen molar-refractivity contribution < 1.29 is 19.1 Å². The lowest BCUT2D eigenvalue weighted by Gasteiger charge is -2.29. The van der Waals surface area contributed by atoms with Crippen LogP contribution in [0.25, 0.3) is 0 Å². The number of hydrogen-bond donors (Lipinski definition) is 1. The van der Waals surface area contributed by atoms with Crippen molar-refractivity contribution in [2.45, 2.75) is 52.7 Å². The monoisotopic (exact) mass is 412 g/mol. The Morgan fingerprint density at radius 1 is 1.10 bits per heavy atom.